The van der Waals surface area contributed by atoms with Crippen molar-refractivity contribution in [3.63, 3.8) is 0 Å². The maximum absolute atomic E-state index is 10.0. The van der Waals surface area contributed by atoms with Crippen molar-refractivity contribution in [3.05, 3.63) is 23.7 Å². The fraction of sp³-hybridized carbons (Fsp3) is 0.778. The molecule has 166 valence electrons. The number of ether oxygens (including phenoxy) is 4. The van der Waals surface area contributed by atoms with E-state index in [2.05, 4.69) is 0 Å². The van der Waals surface area contributed by atoms with Gasteiger partial charge >= 0.3 is 0 Å². The van der Waals surface area contributed by atoms with Gasteiger partial charge in [-0.05, 0) is 13.8 Å². The first-order valence-corrected chi connectivity index (χ1v) is 9.37. The first-order valence-electron chi connectivity index (χ1n) is 9.37. The molecule has 1 aromatic heterocycles. The van der Waals surface area contributed by atoms with E-state index in [-0.39, 0.29) is 13.2 Å². The third-order valence-corrected chi connectivity index (χ3v) is 5.26. The van der Waals surface area contributed by atoms with Gasteiger partial charge in [0.05, 0.1) is 37.9 Å². The molecule has 3 rings (SSSR count). The van der Waals surface area contributed by atoms with Crippen LogP contribution in [0.15, 0.2) is 16.9 Å². The summed E-state index contributed by atoms with van der Waals surface area (Å²) in [5.41, 5.74) is 1.13. The molecule has 0 bridgehead atoms. The summed E-state index contributed by atoms with van der Waals surface area (Å²) < 4.78 is 26.9. The minimum absolute atomic E-state index is 0.0434. The van der Waals surface area contributed by atoms with Gasteiger partial charge in [0.2, 0.25) is 0 Å². The Balaban J connectivity index is 1.55. The molecule has 0 radical (unpaired) electrons. The summed E-state index contributed by atoms with van der Waals surface area (Å²) in [4.78, 5) is 0. The second-order valence-corrected chi connectivity index (χ2v) is 7.41. The van der Waals surface area contributed by atoms with Crippen molar-refractivity contribution in [1.82, 2.24) is 0 Å². The van der Waals surface area contributed by atoms with Gasteiger partial charge in [0.25, 0.3) is 0 Å². The summed E-state index contributed by atoms with van der Waals surface area (Å²) >= 11 is 0. The highest BCUT2D eigenvalue weighted by Crippen LogP contribution is 2.25. The zero-order chi connectivity index (χ0) is 21.3. The van der Waals surface area contributed by atoms with E-state index in [4.69, 9.17) is 23.4 Å². The van der Waals surface area contributed by atoms with Crippen molar-refractivity contribution >= 4 is 0 Å². The number of furan rings is 1. The van der Waals surface area contributed by atoms with E-state index in [0.717, 1.165) is 0 Å². The van der Waals surface area contributed by atoms with Crippen LogP contribution in [-0.4, -0.2) is 92.1 Å². The predicted octanol–water partition coefficient (Wildman–Crippen LogP) is -2.03. The molecule has 0 aliphatic carbocycles. The molecule has 6 N–H and O–H groups in total. The molecule has 3 heterocycles. The lowest BCUT2D eigenvalue weighted by atomic mass is 10.00. The summed E-state index contributed by atoms with van der Waals surface area (Å²) in [6.45, 7) is 3.01. The summed E-state index contributed by atoms with van der Waals surface area (Å²) in [5.74, 6) is 0. The molecule has 0 spiro atoms. The van der Waals surface area contributed by atoms with Crippen LogP contribution in [0, 0.1) is 0 Å². The lowest BCUT2D eigenvalue weighted by Crippen LogP contribution is -2.57. The molecule has 10 atom stereocenters. The van der Waals surface area contributed by atoms with E-state index in [1.165, 1.54) is 12.5 Å². The average molecular weight is 420 g/mol. The van der Waals surface area contributed by atoms with Crippen molar-refractivity contribution in [1.29, 1.82) is 0 Å². The van der Waals surface area contributed by atoms with Crippen LogP contribution < -0.4 is 0 Å². The third-order valence-electron chi connectivity index (χ3n) is 5.26. The van der Waals surface area contributed by atoms with Gasteiger partial charge in [-0.25, -0.2) is 0 Å². The van der Waals surface area contributed by atoms with E-state index in [1.54, 1.807) is 13.8 Å². The summed E-state index contributed by atoms with van der Waals surface area (Å²) in [6.07, 6.45) is -9.01. The summed E-state index contributed by atoms with van der Waals surface area (Å²) in [6, 6.07) is 0. The second kappa shape index (κ2) is 9.35. The molecule has 11 heteroatoms. The molecule has 2 fully saturated rings. The zero-order valence-corrected chi connectivity index (χ0v) is 16.1. The van der Waals surface area contributed by atoms with Gasteiger partial charge in [-0.3, -0.25) is 0 Å². The van der Waals surface area contributed by atoms with Crippen LogP contribution in [0.25, 0.3) is 0 Å². The van der Waals surface area contributed by atoms with Gasteiger partial charge < -0.3 is 54.0 Å². The van der Waals surface area contributed by atoms with Crippen LogP contribution in [0.2, 0.25) is 0 Å². The Morgan fingerprint density at radius 3 is 1.41 bits per heavy atom. The quantitative estimate of drug-likeness (QED) is 0.300. The highest BCUT2D eigenvalue weighted by Gasteiger charge is 2.43. The van der Waals surface area contributed by atoms with E-state index in [1.807, 2.05) is 0 Å². The largest absolute Gasteiger partial charge is 0.472 e. The zero-order valence-electron chi connectivity index (χ0n) is 16.1. The van der Waals surface area contributed by atoms with Gasteiger partial charge in [-0.1, -0.05) is 0 Å². The Labute approximate surface area is 167 Å². The Morgan fingerprint density at radius 2 is 1.03 bits per heavy atom. The van der Waals surface area contributed by atoms with E-state index in [9.17, 15) is 30.6 Å². The summed E-state index contributed by atoms with van der Waals surface area (Å²) in [5, 5.41) is 59.1. The summed E-state index contributed by atoms with van der Waals surface area (Å²) in [7, 11) is 0. The maximum atomic E-state index is 10.0. The van der Waals surface area contributed by atoms with Crippen LogP contribution in [0.5, 0.6) is 0 Å². The minimum atomic E-state index is -1.42. The molecule has 11 nitrogen and oxygen atoms in total. The molecular weight excluding hydrogens is 392 g/mol. The smallest absolute Gasteiger partial charge is 0.186 e. The highest BCUT2D eigenvalue weighted by atomic mass is 16.7. The van der Waals surface area contributed by atoms with E-state index in [0.29, 0.717) is 11.1 Å². The number of hydrogen-bond donors (Lipinski definition) is 6. The molecule has 2 unspecified atom stereocenters. The van der Waals surface area contributed by atoms with Crippen LogP contribution >= 0.6 is 0 Å². The van der Waals surface area contributed by atoms with Gasteiger partial charge in [0.1, 0.15) is 36.6 Å². The predicted molar refractivity (Wildman–Crippen MR) is 93.0 cm³/mol. The topological polar surface area (TPSA) is 171 Å². The van der Waals surface area contributed by atoms with E-state index >= 15 is 0 Å². The molecule has 2 aliphatic rings. The number of rotatable bonds is 6. The van der Waals surface area contributed by atoms with Crippen molar-refractivity contribution in [2.45, 2.75) is 88.5 Å². The Bertz CT molecular complexity index is 599. The number of hydrogen-bond acceptors (Lipinski definition) is 11. The van der Waals surface area contributed by atoms with Crippen LogP contribution in [0.1, 0.15) is 25.0 Å². The number of aliphatic hydroxyl groups is 6. The minimum Gasteiger partial charge on any atom is -0.472 e. The molecule has 0 saturated carbocycles. The number of aliphatic hydroxyl groups excluding tert-OH is 6. The Kier molecular flexibility index (Phi) is 7.27. The lowest BCUT2D eigenvalue weighted by Gasteiger charge is -2.39. The fourth-order valence-electron chi connectivity index (χ4n) is 3.25. The van der Waals surface area contributed by atoms with Crippen molar-refractivity contribution in [2.24, 2.45) is 0 Å². The standard InChI is InChI=1S/C18H28O11/c1-7-11(19)13(21)15(23)17(28-7)26-5-9-3-25-4-10(9)6-27-18-16(24)14(22)12(20)8(2)29-18/h3-4,7-8,11-24H,5-6H2,1-2H3/t7-,8-,11+,12+,13+,14+,15-,16-,17?,18?/m0/s1. The van der Waals surface area contributed by atoms with Gasteiger partial charge in [0.15, 0.2) is 12.6 Å². The van der Waals surface area contributed by atoms with Crippen molar-refractivity contribution < 1.29 is 54.0 Å². The first kappa shape index (κ1) is 22.6. The molecule has 29 heavy (non-hydrogen) atoms. The molecule has 2 aliphatic heterocycles. The lowest BCUT2D eigenvalue weighted by molar-refractivity contribution is -0.297. The van der Waals surface area contributed by atoms with Crippen LogP contribution in [0.3, 0.4) is 0 Å². The fourth-order valence-corrected chi connectivity index (χ4v) is 3.25. The SMILES string of the molecule is C[C@@H]1OC(OCc2cocc2COC2O[C@@H](C)[C@@H](O)[C@@H](O)[C@@H]2O)[C@@H](O)[C@H](O)[C@@H]1O. The average Bonchev–Trinajstić information content (AvgIpc) is 3.15. The van der Waals surface area contributed by atoms with Crippen LogP contribution in [-0.2, 0) is 32.2 Å². The normalized spacial score (nSPS) is 43.4. The first-order chi connectivity index (χ1) is 13.7. The monoisotopic (exact) mass is 420 g/mol. The third kappa shape index (κ3) is 4.80. The Hall–Kier alpha value is -1.12. The van der Waals surface area contributed by atoms with Crippen LogP contribution in [0.4, 0.5) is 0 Å². The Morgan fingerprint density at radius 1 is 0.655 bits per heavy atom. The van der Waals surface area contributed by atoms with Crippen molar-refractivity contribution in [3.8, 4) is 0 Å². The van der Waals surface area contributed by atoms with Gasteiger partial charge in [-0.2, -0.15) is 0 Å². The molecule has 2 saturated heterocycles. The molecule has 1 aromatic rings. The molecule has 0 amide bonds. The maximum Gasteiger partial charge on any atom is 0.186 e. The highest BCUT2D eigenvalue weighted by molar-refractivity contribution is 5.19. The molecule has 0 aromatic carbocycles. The van der Waals surface area contributed by atoms with Crippen molar-refractivity contribution in [2.75, 3.05) is 0 Å². The van der Waals surface area contributed by atoms with Gasteiger partial charge in [0, 0.05) is 11.1 Å². The molecular formula is C18H28O11. The van der Waals surface area contributed by atoms with Gasteiger partial charge in [-0.15, -0.1) is 0 Å². The van der Waals surface area contributed by atoms with E-state index < -0.39 is 61.4 Å². The second-order valence-electron chi connectivity index (χ2n) is 7.41.